The maximum Gasteiger partial charge on any atom is 0.255 e. The number of rotatable bonds is 13. The number of hydrogen-bond donors (Lipinski definition) is 1. The number of fused-ring (bicyclic) bond motifs is 2. The van der Waals surface area contributed by atoms with Gasteiger partial charge in [0, 0.05) is 19.5 Å². The van der Waals surface area contributed by atoms with Gasteiger partial charge in [-0.3, -0.25) is 4.79 Å². The first kappa shape index (κ1) is 26.3. The number of imidazole rings is 1. The van der Waals surface area contributed by atoms with E-state index in [2.05, 4.69) is 64.5 Å². The van der Waals surface area contributed by atoms with Gasteiger partial charge in [0.05, 0.1) is 30.3 Å². The summed E-state index contributed by atoms with van der Waals surface area (Å²) >= 11 is 0. The van der Waals surface area contributed by atoms with E-state index in [1.54, 1.807) is 19.2 Å². The number of benzene rings is 4. The van der Waals surface area contributed by atoms with E-state index in [0.717, 1.165) is 55.7 Å². The van der Waals surface area contributed by atoms with Crippen molar-refractivity contribution in [2.45, 2.75) is 38.6 Å². The fraction of sp³-hybridized carbons (Fsp3) is 0.273. The maximum absolute atomic E-state index is 12.5. The van der Waals surface area contributed by atoms with E-state index in [-0.39, 0.29) is 5.91 Å². The predicted molar refractivity (Wildman–Crippen MR) is 157 cm³/mol. The molecule has 5 rings (SSSR count). The Balaban J connectivity index is 1.10. The second-order valence-corrected chi connectivity index (χ2v) is 9.65. The number of aromatic nitrogens is 2. The van der Waals surface area contributed by atoms with Gasteiger partial charge in [0.15, 0.2) is 0 Å². The van der Waals surface area contributed by atoms with Crippen LogP contribution in [0.5, 0.6) is 11.5 Å². The third kappa shape index (κ3) is 6.58. The zero-order valence-electron chi connectivity index (χ0n) is 22.4. The molecule has 4 aromatic carbocycles. The first-order valence-corrected chi connectivity index (χ1v) is 13.7. The number of hydrogen-bond acceptors (Lipinski definition) is 4. The van der Waals surface area contributed by atoms with Crippen molar-refractivity contribution in [3.63, 3.8) is 0 Å². The van der Waals surface area contributed by atoms with E-state index in [4.69, 9.17) is 14.5 Å². The Morgan fingerprint density at radius 1 is 0.846 bits per heavy atom. The smallest absolute Gasteiger partial charge is 0.255 e. The van der Waals surface area contributed by atoms with Crippen LogP contribution in [0.1, 0.15) is 41.9 Å². The lowest BCUT2D eigenvalue weighted by Crippen LogP contribution is -2.24. The second-order valence-electron chi connectivity index (χ2n) is 9.65. The molecule has 6 nitrogen and oxygen atoms in total. The maximum atomic E-state index is 12.5. The molecule has 1 N–H and O–H groups in total. The average molecular weight is 522 g/mol. The van der Waals surface area contributed by atoms with Gasteiger partial charge in [-0.25, -0.2) is 4.98 Å². The Bertz CT molecular complexity index is 1540. The highest BCUT2D eigenvalue weighted by atomic mass is 16.5. The van der Waals surface area contributed by atoms with E-state index >= 15 is 0 Å². The Morgan fingerprint density at radius 3 is 2.54 bits per heavy atom. The molecular formula is C33H35N3O3. The topological polar surface area (TPSA) is 65.4 Å². The molecule has 1 amide bonds. The summed E-state index contributed by atoms with van der Waals surface area (Å²) in [5.41, 5.74) is 2.77. The van der Waals surface area contributed by atoms with Crippen LogP contribution in [0.2, 0.25) is 0 Å². The van der Waals surface area contributed by atoms with Crippen LogP contribution >= 0.6 is 0 Å². The quantitative estimate of drug-likeness (QED) is 0.173. The van der Waals surface area contributed by atoms with Gasteiger partial charge in [-0.15, -0.1) is 0 Å². The van der Waals surface area contributed by atoms with E-state index < -0.39 is 0 Å². The normalized spacial score (nSPS) is 11.1. The van der Waals surface area contributed by atoms with Gasteiger partial charge >= 0.3 is 0 Å². The number of nitrogens with zero attached hydrogens (tertiary/aromatic N) is 2. The highest BCUT2D eigenvalue weighted by Gasteiger charge is 2.12. The van der Waals surface area contributed by atoms with Crippen LogP contribution in [-0.4, -0.2) is 35.7 Å². The van der Waals surface area contributed by atoms with Crippen LogP contribution in [0.3, 0.4) is 0 Å². The molecular weight excluding hydrogens is 486 g/mol. The molecule has 0 spiro atoms. The number of amides is 1. The van der Waals surface area contributed by atoms with E-state index in [9.17, 15) is 4.79 Å². The van der Waals surface area contributed by atoms with E-state index in [1.807, 2.05) is 24.3 Å². The van der Waals surface area contributed by atoms with Gasteiger partial charge < -0.3 is 19.4 Å². The minimum atomic E-state index is -0.0971. The molecule has 1 aromatic heterocycles. The Labute approximate surface area is 229 Å². The molecule has 1 heterocycles. The van der Waals surface area contributed by atoms with Crippen molar-refractivity contribution in [3.05, 3.63) is 102 Å². The molecule has 0 saturated carbocycles. The van der Waals surface area contributed by atoms with Crippen LogP contribution < -0.4 is 14.8 Å². The molecule has 0 aliphatic carbocycles. The molecule has 5 aromatic rings. The molecule has 39 heavy (non-hydrogen) atoms. The summed E-state index contributed by atoms with van der Waals surface area (Å²) in [6.07, 6.45) is 4.75. The number of methoxy groups -OCH3 is 1. The first-order valence-electron chi connectivity index (χ1n) is 13.7. The third-order valence-corrected chi connectivity index (χ3v) is 6.96. The minimum absolute atomic E-state index is 0.0971. The zero-order chi connectivity index (χ0) is 26.9. The molecule has 200 valence electrons. The summed E-state index contributed by atoms with van der Waals surface area (Å²) in [5, 5.41) is 5.42. The average Bonchev–Trinajstić information content (AvgIpc) is 3.34. The lowest BCUT2D eigenvalue weighted by molar-refractivity contribution is 0.0950. The largest absolute Gasteiger partial charge is 0.496 e. The Morgan fingerprint density at radius 2 is 1.64 bits per heavy atom. The van der Waals surface area contributed by atoms with Gasteiger partial charge in [0.1, 0.15) is 17.3 Å². The van der Waals surface area contributed by atoms with Crippen molar-refractivity contribution in [2.75, 3.05) is 20.3 Å². The monoisotopic (exact) mass is 521 g/mol. The molecule has 6 heteroatoms. The van der Waals surface area contributed by atoms with Crippen LogP contribution in [0.25, 0.3) is 21.8 Å². The molecule has 0 fully saturated rings. The number of aryl methyl sites for hydroxylation is 2. The number of carbonyl (C=O) groups excluding carboxylic acids is 1. The van der Waals surface area contributed by atoms with Crippen molar-refractivity contribution in [1.29, 1.82) is 0 Å². The SMILES string of the molecule is COc1ccccc1C(=O)NCCCCCc1nc2ccccc2n1CCCOc1ccc2ccccc2c1. The summed E-state index contributed by atoms with van der Waals surface area (Å²) in [6, 6.07) is 30.2. The summed E-state index contributed by atoms with van der Waals surface area (Å²) < 4.78 is 13.7. The molecule has 0 saturated heterocycles. The minimum Gasteiger partial charge on any atom is -0.496 e. The summed E-state index contributed by atoms with van der Waals surface area (Å²) in [5.74, 6) is 2.51. The second kappa shape index (κ2) is 13.0. The van der Waals surface area contributed by atoms with Crippen molar-refractivity contribution in [3.8, 4) is 11.5 Å². The molecule has 0 radical (unpaired) electrons. The van der Waals surface area contributed by atoms with Crippen molar-refractivity contribution in [1.82, 2.24) is 14.9 Å². The van der Waals surface area contributed by atoms with E-state index in [0.29, 0.717) is 24.5 Å². The van der Waals surface area contributed by atoms with Gasteiger partial charge in [0.25, 0.3) is 5.91 Å². The summed E-state index contributed by atoms with van der Waals surface area (Å²) in [4.78, 5) is 17.4. The van der Waals surface area contributed by atoms with E-state index in [1.165, 1.54) is 16.3 Å². The molecule has 0 unspecified atom stereocenters. The number of nitrogens with one attached hydrogen (secondary N) is 1. The molecule has 0 aliphatic rings. The van der Waals surface area contributed by atoms with Crippen molar-refractivity contribution >= 4 is 27.7 Å². The number of para-hydroxylation sites is 3. The number of carbonyl (C=O) groups is 1. The first-order chi connectivity index (χ1) is 19.2. The lowest BCUT2D eigenvalue weighted by Gasteiger charge is -2.11. The highest BCUT2D eigenvalue weighted by molar-refractivity contribution is 5.96. The van der Waals surface area contributed by atoms with Gasteiger partial charge in [0.2, 0.25) is 0 Å². The standard InChI is InChI=1S/C33H35N3O3/c1-38-31-17-9-6-14-28(31)33(37)34-21-10-2-3-18-32-35-29-15-7-8-16-30(29)36(32)22-11-23-39-27-20-19-25-12-4-5-13-26(25)24-27/h4-9,12-17,19-20,24H,2-3,10-11,18,21-23H2,1H3,(H,34,37). The lowest BCUT2D eigenvalue weighted by atomic mass is 10.1. The van der Waals surface area contributed by atoms with Crippen LogP contribution in [0.15, 0.2) is 91.0 Å². The fourth-order valence-electron chi connectivity index (χ4n) is 4.95. The van der Waals surface area contributed by atoms with Crippen molar-refractivity contribution in [2.24, 2.45) is 0 Å². The zero-order valence-corrected chi connectivity index (χ0v) is 22.4. The molecule has 0 bridgehead atoms. The summed E-state index contributed by atoms with van der Waals surface area (Å²) in [7, 11) is 1.58. The molecule has 0 aliphatic heterocycles. The van der Waals surface area contributed by atoms with Crippen LogP contribution in [0.4, 0.5) is 0 Å². The van der Waals surface area contributed by atoms with Gasteiger partial charge in [-0.05, 0) is 66.4 Å². The van der Waals surface area contributed by atoms with Gasteiger partial charge in [-0.1, -0.05) is 61.0 Å². The fourth-order valence-corrected chi connectivity index (χ4v) is 4.95. The Kier molecular flexibility index (Phi) is 8.74. The number of ether oxygens (including phenoxy) is 2. The van der Waals surface area contributed by atoms with Crippen molar-refractivity contribution < 1.29 is 14.3 Å². The number of unbranched alkanes of at least 4 members (excludes halogenated alkanes) is 2. The third-order valence-electron chi connectivity index (χ3n) is 6.96. The predicted octanol–water partition coefficient (Wildman–Crippen LogP) is 6.81. The highest BCUT2D eigenvalue weighted by Crippen LogP contribution is 2.22. The summed E-state index contributed by atoms with van der Waals surface area (Å²) in [6.45, 7) is 2.15. The van der Waals surface area contributed by atoms with Gasteiger partial charge in [-0.2, -0.15) is 0 Å². The Hall–Kier alpha value is -4.32. The molecule has 0 atom stereocenters. The van der Waals surface area contributed by atoms with Crippen LogP contribution in [-0.2, 0) is 13.0 Å². The van der Waals surface area contributed by atoms with Crippen LogP contribution in [0, 0.1) is 0 Å².